The summed E-state index contributed by atoms with van der Waals surface area (Å²) in [5, 5.41) is -0.116. The maximum absolute atomic E-state index is 12.4. The molecule has 1 fully saturated rings. The lowest BCUT2D eigenvalue weighted by Crippen LogP contribution is -2.39. The van der Waals surface area contributed by atoms with Crippen molar-refractivity contribution in [3.63, 3.8) is 0 Å². The fourth-order valence-electron chi connectivity index (χ4n) is 3.12. The number of hydrogen-bond donors (Lipinski definition) is 0. The maximum Gasteiger partial charge on any atom is 0.225 e. The Morgan fingerprint density at radius 1 is 1.35 bits per heavy atom. The minimum absolute atomic E-state index is 0.116. The molecule has 1 amide bonds. The van der Waals surface area contributed by atoms with E-state index >= 15 is 0 Å². The fourth-order valence-corrected chi connectivity index (χ4v) is 3.46. The third kappa shape index (κ3) is 6.01. The van der Waals surface area contributed by atoms with Gasteiger partial charge in [0.15, 0.2) is 0 Å². The van der Waals surface area contributed by atoms with Gasteiger partial charge in [0.05, 0.1) is 12.0 Å². The Morgan fingerprint density at radius 3 is 2.55 bits per heavy atom. The number of unbranched alkanes of at least 4 members (excludes halogenated alkanes) is 1. The van der Waals surface area contributed by atoms with Gasteiger partial charge in [0, 0.05) is 26.6 Å². The summed E-state index contributed by atoms with van der Waals surface area (Å²) in [6, 6.07) is 0. The van der Waals surface area contributed by atoms with E-state index in [1.165, 1.54) is 32.1 Å². The van der Waals surface area contributed by atoms with Gasteiger partial charge in [0.25, 0.3) is 0 Å². The largest absolute Gasteiger partial charge is 0.383 e. The Morgan fingerprint density at radius 2 is 2.00 bits per heavy atom. The zero-order valence-corrected chi connectivity index (χ0v) is 14.0. The topological polar surface area (TPSA) is 29.5 Å². The van der Waals surface area contributed by atoms with Crippen LogP contribution in [0.25, 0.3) is 0 Å². The van der Waals surface area contributed by atoms with Crippen LogP contribution in [0.5, 0.6) is 0 Å². The molecular formula is C16H30ClNO2. The highest BCUT2D eigenvalue weighted by Gasteiger charge is 2.28. The number of ether oxygens (including phenoxy) is 1. The van der Waals surface area contributed by atoms with Gasteiger partial charge in [-0.25, -0.2) is 0 Å². The van der Waals surface area contributed by atoms with E-state index < -0.39 is 0 Å². The first kappa shape index (κ1) is 17.8. The van der Waals surface area contributed by atoms with Crippen LogP contribution in [0.15, 0.2) is 0 Å². The predicted octanol–water partition coefficient (Wildman–Crippen LogP) is 3.70. The molecule has 118 valence electrons. The molecule has 1 unspecified atom stereocenters. The van der Waals surface area contributed by atoms with Gasteiger partial charge in [-0.2, -0.15) is 0 Å². The van der Waals surface area contributed by atoms with Crippen LogP contribution in [0, 0.1) is 11.8 Å². The van der Waals surface area contributed by atoms with Gasteiger partial charge in [-0.1, -0.05) is 26.2 Å². The first-order valence-corrected chi connectivity index (χ1v) is 8.40. The molecule has 1 saturated carbocycles. The summed E-state index contributed by atoms with van der Waals surface area (Å²) >= 11 is 6.12. The smallest absolute Gasteiger partial charge is 0.225 e. The highest BCUT2D eigenvalue weighted by atomic mass is 35.5. The summed E-state index contributed by atoms with van der Waals surface area (Å²) in [4.78, 5) is 14.2. The second-order valence-corrected chi connectivity index (χ2v) is 6.75. The third-order valence-corrected chi connectivity index (χ3v) is 4.62. The van der Waals surface area contributed by atoms with Crippen molar-refractivity contribution in [3.05, 3.63) is 0 Å². The van der Waals surface area contributed by atoms with Crippen molar-refractivity contribution < 1.29 is 9.53 Å². The molecule has 0 heterocycles. The van der Waals surface area contributed by atoms with E-state index in [0.29, 0.717) is 13.2 Å². The van der Waals surface area contributed by atoms with Crippen LogP contribution in [0.2, 0.25) is 0 Å². The number of alkyl halides is 1. The maximum atomic E-state index is 12.4. The van der Waals surface area contributed by atoms with Crippen molar-refractivity contribution in [2.24, 2.45) is 11.8 Å². The molecule has 1 aliphatic carbocycles. The van der Waals surface area contributed by atoms with Crippen LogP contribution in [-0.2, 0) is 9.53 Å². The molecule has 0 aromatic heterocycles. The molecule has 0 aliphatic heterocycles. The van der Waals surface area contributed by atoms with Crippen LogP contribution in [0.1, 0.15) is 51.9 Å². The normalized spacial score (nSPS) is 24.4. The number of carbonyl (C=O) groups excluding carboxylic acids is 1. The average molecular weight is 304 g/mol. The number of nitrogens with zero attached hydrogens (tertiary/aromatic N) is 1. The number of carbonyl (C=O) groups is 1. The van der Waals surface area contributed by atoms with Gasteiger partial charge in [-0.05, 0) is 31.6 Å². The Balaban J connectivity index is 2.30. The van der Waals surface area contributed by atoms with Gasteiger partial charge in [-0.15, -0.1) is 11.6 Å². The van der Waals surface area contributed by atoms with E-state index in [1.54, 1.807) is 12.0 Å². The van der Waals surface area contributed by atoms with Crippen LogP contribution >= 0.6 is 11.6 Å². The van der Waals surface area contributed by atoms with Gasteiger partial charge in [0.1, 0.15) is 0 Å². The highest BCUT2D eigenvalue weighted by molar-refractivity contribution is 6.21. The lowest BCUT2D eigenvalue weighted by atomic mass is 9.79. The van der Waals surface area contributed by atoms with E-state index in [4.69, 9.17) is 16.3 Å². The summed E-state index contributed by atoms with van der Waals surface area (Å²) in [6.45, 7) is 3.31. The highest BCUT2D eigenvalue weighted by Crippen LogP contribution is 2.32. The van der Waals surface area contributed by atoms with Gasteiger partial charge >= 0.3 is 0 Å². The molecule has 0 aromatic rings. The number of amides is 1. The molecule has 4 heteroatoms. The minimum Gasteiger partial charge on any atom is -0.383 e. The van der Waals surface area contributed by atoms with Crippen molar-refractivity contribution in [2.45, 2.75) is 57.2 Å². The van der Waals surface area contributed by atoms with Gasteiger partial charge < -0.3 is 9.64 Å². The van der Waals surface area contributed by atoms with Gasteiger partial charge in [-0.3, -0.25) is 4.79 Å². The molecule has 0 saturated heterocycles. The van der Waals surface area contributed by atoms with Crippen LogP contribution in [0.4, 0.5) is 0 Å². The second kappa shape index (κ2) is 9.62. The molecule has 0 N–H and O–H groups in total. The van der Waals surface area contributed by atoms with Crippen LogP contribution in [-0.4, -0.2) is 43.5 Å². The zero-order chi connectivity index (χ0) is 15.0. The van der Waals surface area contributed by atoms with E-state index in [-0.39, 0.29) is 17.2 Å². The average Bonchev–Trinajstić information content (AvgIpc) is 2.45. The summed E-state index contributed by atoms with van der Waals surface area (Å²) in [7, 11) is 3.49. The number of rotatable bonds is 8. The molecule has 0 bridgehead atoms. The molecule has 0 aromatic carbocycles. The molecule has 1 rings (SSSR count). The van der Waals surface area contributed by atoms with E-state index in [0.717, 1.165) is 18.8 Å². The van der Waals surface area contributed by atoms with Crippen molar-refractivity contribution >= 4 is 17.5 Å². The SMILES string of the molecule is CCCCC1CCC(C(=O)N(C)CC(Cl)COC)CC1. The third-order valence-electron chi connectivity index (χ3n) is 4.36. The van der Waals surface area contributed by atoms with Gasteiger partial charge in [0.2, 0.25) is 5.91 Å². The minimum atomic E-state index is -0.116. The zero-order valence-electron chi connectivity index (χ0n) is 13.2. The number of halogens is 1. The molecule has 1 aliphatic rings. The van der Waals surface area contributed by atoms with Crippen molar-refractivity contribution in [1.82, 2.24) is 4.90 Å². The van der Waals surface area contributed by atoms with Crippen molar-refractivity contribution in [2.75, 3.05) is 27.3 Å². The standard InChI is InChI=1S/C16H30ClNO2/c1-4-5-6-13-7-9-14(10-8-13)16(19)18(2)11-15(17)12-20-3/h13-15H,4-12H2,1-3H3. The fraction of sp³-hybridized carbons (Fsp3) is 0.938. The van der Waals surface area contributed by atoms with Crippen LogP contribution < -0.4 is 0 Å². The molecule has 1 atom stereocenters. The lowest BCUT2D eigenvalue weighted by Gasteiger charge is -2.31. The second-order valence-electron chi connectivity index (χ2n) is 6.13. The predicted molar refractivity (Wildman–Crippen MR) is 84.1 cm³/mol. The summed E-state index contributed by atoms with van der Waals surface area (Å²) in [6.07, 6.45) is 8.47. The molecule has 20 heavy (non-hydrogen) atoms. The Labute approximate surface area is 129 Å². The monoisotopic (exact) mass is 303 g/mol. The van der Waals surface area contributed by atoms with E-state index in [1.807, 2.05) is 7.05 Å². The van der Waals surface area contributed by atoms with E-state index in [2.05, 4.69) is 6.92 Å². The van der Waals surface area contributed by atoms with Crippen molar-refractivity contribution in [3.8, 4) is 0 Å². The summed E-state index contributed by atoms with van der Waals surface area (Å²) < 4.78 is 5.01. The summed E-state index contributed by atoms with van der Waals surface area (Å²) in [5.74, 6) is 1.32. The van der Waals surface area contributed by atoms with Crippen LogP contribution in [0.3, 0.4) is 0 Å². The molecule has 3 nitrogen and oxygen atoms in total. The first-order valence-electron chi connectivity index (χ1n) is 7.96. The summed E-state index contributed by atoms with van der Waals surface area (Å²) in [5.41, 5.74) is 0. The molecular weight excluding hydrogens is 274 g/mol. The lowest BCUT2D eigenvalue weighted by molar-refractivity contribution is -0.135. The number of hydrogen-bond acceptors (Lipinski definition) is 2. The molecule has 0 radical (unpaired) electrons. The quantitative estimate of drug-likeness (QED) is 0.640. The first-order chi connectivity index (χ1) is 9.58. The number of methoxy groups -OCH3 is 1. The Hall–Kier alpha value is -0.280. The Bertz CT molecular complexity index is 278. The molecule has 0 spiro atoms. The Kier molecular flexibility index (Phi) is 8.55. The van der Waals surface area contributed by atoms with E-state index in [9.17, 15) is 4.79 Å². The van der Waals surface area contributed by atoms with Crippen molar-refractivity contribution in [1.29, 1.82) is 0 Å².